The second-order valence-corrected chi connectivity index (χ2v) is 9.60. The molecule has 0 fully saturated rings. The highest BCUT2D eigenvalue weighted by molar-refractivity contribution is 5.91. The van der Waals surface area contributed by atoms with Crippen LogP contribution in [0.4, 0.5) is 0 Å². The van der Waals surface area contributed by atoms with Crippen molar-refractivity contribution in [2.45, 2.75) is 34.6 Å². The van der Waals surface area contributed by atoms with E-state index in [9.17, 15) is 0 Å². The topological polar surface area (TPSA) is 51.6 Å². The molecule has 0 aliphatic carbocycles. The predicted molar refractivity (Wildman–Crippen MR) is 145 cm³/mol. The second kappa shape index (κ2) is 7.95. The first-order valence-corrected chi connectivity index (χ1v) is 11.9. The SMILES string of the molecule is Cc1ccc2nc(-c3cc(C)c4cc(C)ccc4n3)c(-c3cc(C)c4cc(C)ccc4n3)nc2c1. The minimum absolute atomic E-state index is 0.755. The van der Waals surface area contributed by atoms with Gasteiger partial charge in [0.25, 0.3) is 0 Å². The molecular weight excluding hydrogens is 428 g/mol. The predicted octanol–water partition coefficient (Wildman–Crippen LogP) is 7.60. The molecule has 0 N–H and O–H groups in total. The molecular formula is C31H26N4. The Kier molecular flexibility index (Phi) is 4.85. The summed E-state index contributed by atoms with van der Waals surface area (Å²) in [6.45, 7) is 10.6. The van der Waals surface area contributed by atoms with E-state index in [0.29, 0.717) is 0 Å². The van der Waals surface area contributed by atoms with Gasteiger partial charge in [-0.25, -0.2) is 19.9 Å². The Labute approximate surface area is 204 Å². The Hall–Kier alpha value is -4.18. The molecule has 4 heteroatoms. The van der Waals surface area contributed by atoms with Crippen molar-refractivity contribution >= 4 is 32.8 Å². The van der Waals surface area contributed by atoms with Crippen molar-refractivity contribution in [1.29, 1.82) is 0 Å². The van der Waals surface area contributed by atoms with Crippen LogP contribution in [0.1, 0.15) is 27.8 Å². The van der Waals surface area contributed by atoms with Gasteiger partial charge in [-0.2, -0.15) is 0 Å². The molecule has 3 aromatic carbocycles. The van der Waals surface area contributed by atoms with E-state index in [1.807, 2.05) is 6.07 Å². The van der Waals surface area contributed by atoms with Crippen molar-refractivity contribution in [3.8, 4) is 22.8 Å². The Morgan fingerprint density at radius 2 is 0.829 bits per heavy atom. The van der Waals surface area contributed by atoms with Crippen molar-refractivity contribution in [2.24, 2.45) is 0 Å². The molecule has 0 bridgehead atoms. The van der Waals surface area contributed by atoms with Gasteiger partial charge < -0.3 is 0 Å². The second-order valence-electron chi connectivity index (χ2n) is 9.60. The Balaban J connectivity index is 1.67. The molecule has 0 unspecified atom stereocenters. The van der Waals surface area contributed by atoms with Gasteiger partial charge in [-0.3, -0.25) is 0 Å². The lowest BCUT2D eigenvalue weighted by atomic mass is 10.0. The van der Waals surface area contributed by atoms with Crippen molar-refractivity contribution in [3.63, 3.8) is 0 Å². The highest BCUT2D eigenvalue weighted by Gasteiger charge is 2.18. The molecule has 35 heavy (non-hydrogen) atoms. The van der Waals surface area contributed by atoms with E-state index in [2.05, 4.69) is 95.3 Å². The maximum Gasteiger partial charge on any atom is 0.117 e. The van der Waals surface area contributed by atoms with Gasteiger partial charge in [0.2, 0.25) is 0 Å². The van der Waals surface area contributed by atoms with Crippen LogP contribution in [0, 0.1) is 34.6 Å². The van der Waals surface area contributed by atoms with Gasteiger partial charge in [0.15, 0.2) is 0 Å². The van der Waals surface area contributed by atoms with Crippen LogP contribution in [0.25, 0.3) is 55.6 Å². The molecule has 6 rings (SSSR count). The van der Waals surface area contributed by atoms with Crippen LogP contribution in [0.3, 0.4) is 0 Å². The van der Waals surface area contributed by atoms with E-state index in [-0.39, 0.29) is 0 Å². The molecule has 170 valence electrons. The number of fused-ring (bicyclic) bond motifs is 3. The molecule has 0 aliphatic rings. The lowest BCUT2D eigenvalue weighted by molar-refractivity contribution is 1.22. The summed E-state index contributed by atoms with van der Waals surface area (Å²) in [6.07, 6.45) is 0. The first-order valence-electron chi connectivity index (χ1n) is 11.9. The summed E-state index contributed by atoms with van der Waals surface area (Å²) in [5, 5.41) is 2.32. The van der Waals surface area contributed by atoms with Crippen LogP contribution in [0.15, 0.2) is 66.7 Å². The summed E-state index contributed by atoms with van der Waals surface area (Å²) >= 11 is 0. The highest BCUT2D eigenvalue weighted by Crippen LogP contribution is 2.33. The molecule has 0 saturated carbocycles. The first kappa shape index (κ1) is 21.4. The third-order valence-electron chi connectivity index (χ3n) is 6.65. The van der Waals surface area contributed by atoms with Crippen LogP contribution in [0.5, 0.6) is 0 Å². The van der Waals surface area contributed by atoms with Gasteiger partial charge >= 0.3 is 0 Å². The van der Waals surface area contributed by atoms with E-state index >= 15 is 0 Å². The van der Waals surface area contributed by atoms with Gasteiger partial charge in [-0.1, -0.05) is 29.3 Å². The number of rotatable bonds is 2. The fourth-order valence-corrected chi connectivity index (χ4v) is 4.78. The summed E-state index contributed by atoms with van der Waals surface area (Å²) in [6, 6.07) is 23.2. The average molecular weight is 455 g/mol. The van der Waals surface area contributed by atoms with Crippen LogP contribution in [-0.2, 0) is 0 Å². The van der Waals surface area contributed by atoms with Crippen LogP contribution >= 0.6 is 0 Å². The van der Waals surface area contributed by atoms with Crippen LogP contribution in [-0.4, -0.2) is 19.9 Å². The maximum absolute atomic E-state index is 5.11. The van der Waals surface area contributed by atoms with Crippen LogP contribution < -0.4 is 0 Å². The number of aromatic nitrogens is 4. The fraction of sp³-hybridized carbons (Fsp3) is 0.161. The van der Waals surface area contributed by atoms with Gasteiger partial charge in [-0.15, -0.1) is 0 Å². The summed E-state index contributed by atoms with van der Waals surface area (Å²) in [4.78, 5) is 20.2. The quantitative estimate of drug-likeness (QED) is 0.270. The minimum Gasteiger partial charge on any atom is -0.246 e. The highest BCUT2D eigenvalue weighted by atomic mass is 14.9. The van der Waals surface area contributed by atoms with E-state index in [4.69, 9.17) is 19.9 Å². The Bertz CT molecular complexity index is 1800. The molecule has 6 aromatic rings. The molecule has 0 saturated heterocycles. The molecule has 0 aliphatic heterocycles. The number of aryl methyl sites for hydroxylation is 5. The zero-order chi connectivity index (χ0) is 24.3. The molecule has 4 nitrogen and oxygen atoms in total. The lowest BCUT2D eigenvalue weighted by Gasteiger charge is -2.13. The summed E-state index contributed by atoms with van der Waals surface area (Å²) < 4.78 is 0. The molecule has 0 atom stereocenters. The normalized spacial score (nSPS) is 11.6. The fourth-order valence-electron chi connectivity index (χ4n) is 4.78. The van der Waals surface area contributed by atoms with Gasteiger partial charge in [0, 0.05) is 10.8 Å². The van der Waals surface area contributed by atoms with E-state index in [1.54, 1.807) is 0 Å². The zero-order valence-electron chi connectivity index (χ0n) is 20.6. The van der Waals surface area contributed by atoms with Crippen LogP contribution in [0.2, 0.25) is 0 Å². The zero-order valence-corrected chi connectivity index (χ0v) is 20.6. The lowest BCUT2D eigenvalue weighted by Crippen LogP contribution is -2.00. The van der Waals surface area contributed by atoms with Gasteiger partial charge in [0.05, 0.1) is 33.5 Å². The Morgan fingerprint density at radius 1 is 0.400 bits per heavy atom. The molecule has 3 heterocycles. The molecule has 0 spiro atoms. The number of hydrogen-bond acceptors (Lipinski definition) is 4. The number of nitrogens with zero attached hydrogens (tertiary/aromatic N) is 4. The van der Waals surface area contributed by atoms with Crippen molar-refractivity contribution in [1.82, 2.24) is 19.9 Å². The van der Waals surface area contributed by atoms with Gasteiger partial charge in [0.1, 0.15) is 11.4 Å². The summed E-state index contributed by atoms with van der Waals surface area (Å²) in [7, 11) is 0. The third kappa shape index (κ3) is 3.71. The first-order chi connectivity index (χ1) is 16.9. The van der Waals surface area contributed by atoms with E-state index < -0.39 is 0 Å². The third-order valence-corrected chi connectivity index (χ3v) is 6.65. The van der Waals surface area contributed by atoms with Crippen molar-refractivity contribution in [3.05, 3.63) is 94.5 Å². The standard InChI is InChI=1S/C31H26N4/c1-17-6-9-24-22(12-17)20(4)15-28(32-24)30-31(35-27-14-19(3)8-11-26(27)34-30)29-16-21(5)23-13-18(2)7-10-25(23)33-29/h6-16H,1-5H3. The molecule has 0 amide bonds. The molecule has 0 radical (unpaired) electrons. The largest absolute Gasteiger partial charge is 0.246 e. The monoisotopic (exact) mass is 454 g/mol. The smallest absolute Gasteiger partial charge is 0.117 e. The Morgan fingerprint density at radius 3 is 1.34 bits per heavy atom. The van der Waals surface area contributed by atoms with E-state index in [0.717, 1.165) is 61.2 Å². The summed E-state index contributed by atoms with van der Waals surface area (Å²) in [5.41, 5.74) is 12.7. The van der Waals surface area contributed by atoms with Crippen molar-refractivity contribution < 1.29 is 0 Å². The van der Waals surface area contributed by atoms with Crippen molar-refractivity contribution in [2.75, 3.05) is 0 Å². The number of pyridine rings is 2. The van der Waals surface area contributed by atoms with Gasteiger partial charge in [-0.05, 0) is 99.8 Å². The summed E-state index contributed by atoms with van der Waals surface area (Å²) in [5.74, 6) is 0. The van der Waals surface area contributed by atoms with E-state index in [1.165, 1.54) is 22.3 Å². The average Bonchev–Trinajstić information content (AvgIpc) is 2.84. The maximum atomic E-state index is 5.11. The number of hydrogen-bond donors (Lipinski definition) is 0. The minimum atomic E-state index is 0.755. The number of benzene rings is 3. The molecule has 3 aromatic heterocycles.